The van der Waals surface area contributed by atoms with Crippen LogP contribution in [-0.2, 0) is 0 Å². The van der Waals surface area contributed by atoms with Crippen molar-refractivity contribution in [2.75, 3.05) is 17.3 Å². The molecule has 2 atom stereocenters. The molecule has 1 aromatic heterocycles. The number of hydrogen-bond acceptors (Lipinski definition) is 5. The zero-order valence-electron chi connectivity index (χ0n) is 11.5. The molecule has 1 aliphatic heterocycles. The fourth-order valence-corrected chi connectivity index (χ4v) is 5.41. The first kappa shape index (κ1) is 14.2. The molecule has 0 saturated carbocycles. The number of fused-ring (bicyclic) bond motifs is 1. The van der Waals surface area contributed by atoms with Gasteiger partial charge >= 0.3 is 0 Å². The van der Waals surface area contributed by atoms with Crippen LogP contribution in [0.4, 0.5) is 0 Å². The van der Waals surface area contributed by atoms with Crippen molar-refractivity contribution in [2.45, 2.75) is 18.2 Å². The van der Waals surface area contributed by atoms with Crippen LogP contribution < -0.4 is 11.3 Å². The summed E-state index contributed by atoms with van der Waals surface area (Å²) in [4.78, 5) is 4.55. The van der Waals surface area contributed by atoms with Gasteiger partial charge in [0.15, 0.2) is 0 Å². The van der Waals surface area contributed by atoms with E-state index in [9.17, 15) is 0 Å². The first-order chi connectivity index (χ1) is 9.78. The summed E-state index contributed by atoms with van der Waals surface area (Å²) in [6.07, 6.45) is 0. The topological polar surface area (TPSA) is 50.9 Å². The molecule has 1 aromatic carbocycles. The van der Waals surface area contributed by atoms with Crippen LogP contribution in [0.15, 0.2) is 30.3 Å². The van der Waals surface area contributed by atoms with E-state index in [-0.39, 0.29) is 6.04 Å². The Bertz CT molecular complexity index is 597. The van der Waals surface area contributed by atoms with Crippen molar-refractivity contribution in [1.29, 1.82) is 0 Å². The maximum Gasteiger partial charge on any atom is 0.0705 e. The predicted octanol–water partition coefficient (Wildman–Crippen LogP) is 2.90. The summed E-state index contributed by atoms with van der Waals surface area (Å²) in [6.45, 7) is 2.02. The number of benzene rings is 1. The molecule has 0 radical (unpaired) electrons. The van der Waals surface area contributed by atoms with Gasteiger partial charge in [0.1, 0.15) is 0 Å². The molecule has 20 heavy (non-hydrogen) atoms. The zero-order valence-corrected chi connectivity index (χ0v) is 13.1. The van der Waals surface area contributed by atoms with Crippen LogP contribution in [0.3, 0.4) is 0 Å². The highest BCUT2D eigenvalue weighted by Crippen LogP contribution is 2.34. The molecule has 1 saturated heterocycles. The van der Waals surface area contributed by atoms with Crippen LogP contribution in [0, 0.1) is 6.92 Å². The molecule has 0 aliphatic carbocycles. The van der Waals surface area contributed by atoms with Gasteiger partial charge in [-0.3, -0.25) is 16.3 Å². The van der Waals surface area contributed by atoms with E-state index in [1.165, 1.54) is 22.5 Å². The highest BCUT2D eigenvalue weighted by Gasteiger charge is 2.25. The lowest BCUT2D eigenvalue weighted by atomic mass is 10.0. The lowest BCUT2D eigenvalue weighted by molar-refractivity contribution is 0.553. The van der Waals surface area contributed by atoms with E-state index in [0.29, 0.717) is 5.25 Å². The van der Waals surface area contributed by atoms with Crippen molar-refractivity contribution in [3.05, 3.63) is 41.6 Å². The van der Waals surface area contributed by atoms with E-state index in [4.69, 9.17) is 5.84 Å². The molecular weight excluding hydrogens is 286 g/mol. The van der Waals surface area contributed by atoms with Crippen LogP contribution >= 0.6 is 23.5 Å². The van der Waals surface area contributed by atoms with Crippen LogP contribution in [-0.4, -0.2) is 27.5 Å². The van der Waals surface area contributed by atoms with Gasteiger partial charge in [-0.2, -0.15) is 23.5 Å². The number of aryl methyl sites for hydroxylation is 1. The van der Waals surface area contributed by atoms with Crippen molar-refractivity contribution < 1.29 is 0 Å². The molecule has 5 heteroatoms. The summed E-state index contributed by atoms with van der Waals surface area (Å²) in [6, 6.07) is 10.9. The van der Waals surface area contributed by atoms with Gasteiger partial charge in [-0.1, -0.05) is 12.1 Å². The Kier molecular flexibility index (Phi) is 4.51. The second-order valence-electron chi connectivity index (χ2n) is 5.03. The number of aromatic nitrogens is 1. The first-order valence-corrected chi connectivity index (χ1v) is 9.01. The lowest BCUT2D eigenvalue weighted by Crippen LogP contribution is -2.37. The Morgan fingerprint density at radius 2 is 2.20 bits per heavy atom. The maximum absolute atomic E-state index is 5.82. The number of nitrogens with zero attached hydrogens (tertiary/aromatic N) is 1. The highest BCUT2D eigenvalue weighted by atomic mass is 32.2. The SMILES string of the molecule is Cc1ccc2cc(C(NN)C3CSCCS3)ccc2n1. The van der Waals surface area contributed by atoms with E-state index in [0.717, 1.165) is 17.0 Å². The van der Waals surface area contributed by atoms with Gasteiger partial charge in [0, 0.05) is 33.6 Å². The number of nitrogens with two attached hydrogens (primary N) is 1. The fraction of sp³-hybridized carbons (Fsp3) is 0.400. The van der Waals surface area contributed by atoms with Gasteiger partial charge in [-0.05, 0) is 30.7 Å². The zero-order chi connectivity index (χ0) is 13.9. The van der Waals surface area contributed by atoms with Crippen LogP contribution in [0.1, 0.15) is 17.3 Å². The van der Waals surface area contributed by atoms with Gasteiger partial charge in [0.25, 0.3) is 0 Å². The molecular formula is C15H19N3S2. The number of nitrogens with one attached hydrogen (secondary N) is 1. The molecule has 3 rings (SSSR count). The molecule has 106 valence electrons. The maximum atomic E-state index is 5.82. The van der Waals surface area contributed by atoms with E-state index >= 15 is 0 Å². The molecule has 3 nitrogen and oxygen atoms in total. The van der Waals surface area contributed by atoms with Crippen molar-refractivity contribution in [2.24, 2.45) is 5.84 Å². The van der Waals surface area contributed by atoms with Gasteiger partial charge < -0.3 is 0 Å². The number of pyridine rings is 1. The van der Waals surface area contributed by atoms with Gasteiger partial charge in [-0.25, -0.2) is 0 Å². The Morgan fingerprint density at radius 1 is 1.30 bits per heavy atom. The Hall–Kier alpha value is -0.750. The average molecular weight is 305 g/mol. The normalized spacial score (nSPS) is 21.0. The summed E-state index contributed by atoms with van der Waals surface area (Å²) >= 11 is 4.04. The molecule has 0 spiro atoms. The fourth-order valence-electron chi connectivity index (χ4n) is 2.56. The van der Waals surface area contributed by atoms with Crippen molar-refractivity contribution >= 4 is 34.4 Å². The summed E-state index contributed by atoms with van der Waals surface area (Å²) in [7, 11) is 0. The second-order valence-corrected chi connectivity index (χ2v) is 7.53. The molecule has 1 aliphatic rings. The third kappa shape index (κ3) is 2.96. The quantitative estimate of drug-likeness (QED) is 0.674. The van der Waals surface area contributed by atoms with Crippen LogP contribution in [0.5, 0.6) is 0 Å². The molecule has 3 N–H and O–H groups in total. The van der Waals surface area contributed by atoms with E-state index in [2.05, 4.69) is 40.7 Å². The third-order valence-corrected chi connectivity index (χ3v) is 6.47. The molecule has 2 heterocycles. The smallest absolute Gasteiger partial charge is 0.0705 e. The summed E-state index contributed by atoms with van der Waals surface area (Å²) in [5.74, 6) is 9.43. The van der Waals surface area contributed by atoms with Crippen LogP contribution in [0.2, 0.25) is 0 Å². The van der Waals surface area contributed by atoms with E-state index < -0.39 is 0 Å². The number of thioether (sulfide) groups is 2. The van der Waals surface area contributed by atoms with Crippen molar-refractivity contribution in [3.8, 4) is 0 Å². The minimum absolute atomic E-state index is 0.207. The lowest BCUT2D eigenvalue weighted by Gasteiger charge is -2.29. The largest absolute Gasteiger partial charge is 0.271 e. The van der Waals surface area contributed by atoms with Crippen molar-refractivity contribution in [1.82, 2.24) is 10.4 Å². The Balaban J connectivity index is 1.92. The van der Waals surface area contributed by atoms with Crippen LogP contribution in [0.25, 0.3) is 10.9 Å². The summed E-state index contributed by atoms with van der Waals surface area (Å²) in [5, 5.41) is 1.72. The van der Waals surface area contributed by atoms with Gasteiger partial charge in [0.05, 0.1) is 11.6 Å². The second kappa shape index (κ2) is 6.35. The van der Waals surface area contributed by atoms with Gasteiger partial charge in [-0.15, -0.1) is 0 Å². The molecule has 2 unspecified atom stereocenters. The average Bonchev–Trinajstić information content (AvgIpc) is 2.49. The number of hydrazine groups is 1. The molecule has 0 bridgehead atoms. The number of rotatable bonds is 3. The molecule has 2 aromatic rings. The molecule has 0 amide bonds. The monoisotopic (exact) mass is 305 g/mol. The first-order valence-electron chi connectivity index (χ1n) is 6.81. The minimum atomic E-state index is 0.207. The third-order valence-electron chi connectivity index (χ3n) is 3.60. The Morgan fingerprint density at radius 3 is 2.95 bits per heavy atom. The van der Waals surface area contributed by atoms with E-state index in [1.54, 1.807) is 0 Å². The molecule has 1 fully saturated rings. The van der Waals surface area contributed by atoms with Crippen molar-refractivity contribution in [3.63, 3.8) is 0 Å². The highest BCUT2D eigenvalue weighted by molar-refractivity contribution is 8.06. The van der Waals surface area contributed by atoms with E-state index in [1.807, 2.05) is 30.4 Å². The van der Waals surface area contributed by atoms with Gasteiger partial charge in [0.2, 0.25) is 0 Å². The summed E-state index contributed by atoms with van der Waals surface area (Å²) < 4.78 is 0. The standard InChI is InChI=1S/C15H19N3S2/c1-10-2-3-11-8-12(4-5-13(11)17-10)15(18-16)14-9-19-6-7-20-14/h2-5,8,14-15,18H,6-7,9,16H2,1H3. The Labute approximate surface area is 128 Å². The summed E-state index contributed by atoms with van der Waals surface area (Å²) in [5.41, 5.74) is 6.37. The predicted molar refractivity (Wildman–Crippen MR) is 90.1 cm³/mol. The minimum Gasteiger partial charge on any atom is -0.271 e. The number of hydrogen-bond donors (Lipinski definition) is 2.